The Morgan fingerprint density at radius 3 is 2.56 bits per heavy atom. The number of nitrogens with one attached hydrogen (secondary N) is 1. The highest BCUT2D eigenvalue weighted by Gasteiger charge is 2.18. The van der Waals surface area contributed by atoms with Gasteiger partial charge in [-0.25, -0.2) is 9.97 Å². The molecule has 16 heavy (non-hydrogen) atoms. The van der Waals surface area contributed by atoms with E-state index in [9.17, 15) is 0 Å². The van der Waals surface area contributed by atoms with Crippen molar-refractivity contribution in [3.63, 3.8) is 0 Å². The molecule has 0 unspecified atom stereocenters. The van der Waals surface area contributed by atoms with Gasteiger partial charge in [-0.3, -0.25) is 0 Å². The van der Waals surface area contributed by atoms with Crippen molar-refractivity contribution in [2.75, 3.05) is 11.9 Å². The van der Waals surface area contributed by atoms with Gasteiger partial charge >= 0.3 is 0 Å². The Bertz CT molecular complexity index is 345. The highest BCUT2D eigenvalue weighted by atomic mass is 35.5. The van der Waals surface area contributed by atoms with Crippen LogP contribution in [0.15, 0.2) is 6.07 Å². The number of unbranched alkanes of at least 4 members (excludes halogenated alkanes) is 1. The molecule has 1 N–H and O–H groups in total. The number of aromatic nitrogens is 2. The summed E-state index contributed by atoms with van der Waals surface area (Å²) in [4.78, 5) is 8.72. The first kappa shape index (κ1) is 13.2. The third-order valence-electron chi connectivity index (χ3n) is 2.20. The van der Waals surface area contributed by atoms with E-state index in [1.807, 2.05) is 0 Å². The van der Waals surface area contributed by atoms with Gasteiger partial charge in [-0.1, -0.05) is 45.7 Å². The fourth-order valence-electron chi connectivity index (χ4n) is 1.24. The smallest absolute Gasteiger partial charge is 0.137 e. The minimum absolute atomic E-state index is 0.0773. The molecule has 0 saturated heterocycles. The number of nitrogens with zero attached hydrogens (tertiary/aromatic N) is 2. The average Bonchev–Trinajstić information content (AvgIpc) is 2.16. The lowest BCUT2D eigenvalue weighted by atomic mass is 9.96. The predicted molar refractivity (Wildman–Crippen MR) is 69.1 cm³/mol. The van der Waals surface area contributed by atoms with Gasteiger partial charge in [0.25, 0.3) is 0 Å². The second kappa shape index (κ2) is 5.48. The molecule has 0 aromatic carbocycles. The van der Waals surface area contributed by atoms with Crippen LogP contribution in [-0.4, -0.2) is 16.5 Å². The van der Waals surface area contributed by atoms with E-state index in [1.165, 1.54) is 0 Å². The minimum Gasteiger partial charge on any atom is -0.370 e. The Labute approximate surface area is 103 Å². The molecular formula is C12H20ClN3. The first-order chi connectivity index (χ1) is 7.43. The van der Waals surface area contributed by atoms with Crippen LogP contribution in [0.5, 0.6) is 0 Å². The Balaban J connectivity index is 2.82. The zero-order valence-corrected chi connectivity index (χ0v) is 11.2. The molecule has 0 spiro atoms. The standard InChI is InChI=1S/C12H20ClN3/c1-5-6-7-14-10-8-9(13)15-11(16-10)12(2,3)4/h8H,5-7H2,1-4H3,(H,14,15,16). The van der Waals surface area contributed by atoms with Gasteiger partial charge in [-0.2, -0.15) is 0 Å². The minimum atomic E-state index is -0.0773. The van der Waals surface area contributed by atoms with E-state index < -0.39 is 0 Å². The summed E-state index contributed by atoms with van der Waals surface area (Å²) in [5.74, 6) is 1.59. The zero-order chi connectivity index (χ0) is 12.2. The maximum Gasteiger partial charge on any atom is 0.137 e. The van der Waals surface area contributed by atoms with E-state index in [1.54, 1.807) is 6.07 Å². The van der Waals surface area contributed by atoms with E-state index in [0.717, 1.165) is 31.0 Å². The molecule has 0 aliphatic rings. The molecule has 0 aliphatic carbocycles. The Morgan fingerprint density at radius 1 is 1.31 bits per heavy atom. The van der Waals surface area contributed by atoms with Crippen LogP contribution < -0.4 is 5.32 Å². The summed E-state index contributed by atoms with van der Waals surface area (Å²) in [5.41, 5.74) is -0.0773. The van der Waals surface area contributed by atoms with Crippen molar-refractivity contribution in [3.8, 4) is 0 Å². The van der Waals surface area contributed by atoms with E-state index in [0.29, 0.717) is 5.15 Å². The van der Waals surface area contributed by atoms with Crippen LogP contribution in [0.2, 0.25) is 5.15 Å². The quantitative estimate of drug-likeness (QED) is 0.646. The topological polar surface area (TPSA) is 37.8 Å². The lowest BCUT2D eigenvalue weighted by Gasteiger charge is -2.17. The molecule has 0 atom stereocenters. The lowest BCUT2D eigenvalue weighted by Crippen LogP contribution is -2.17. The number of hydrogen-bond donors (Lipinski definition) is 1. The predicted octanol–water partition coefficient (Wildman–Crippen LogP) is 3.64. The Morgan fingerprint density at radius 2 is 2.00 bits per heavy atom. The van der Waals surface area contributed by atoms with Crippen molar-refractivity contribution in [2.45, 2.75) is 46.0 Å². The molecule has 1 aromatic heterocycles. The van der Waals surface area contributed by atoms with Gasteiger partial charge in [0.2, 0.25) is 0 Å². The summed E-state index contributed by atoms with van der Waals surface area (Å²) in [6.07, 6.45) is 2.30. The average molecular weight is 242 g/mol. The summed E-state index contributed by atoms with van der Waals surface area (Å²) < 4.78 is 0. The largest absolute Gasteiger partial charge is 0.370 e. The van der Waals surface area contributed by atoms with E-state index >= 15 is 0 Å². The summed E-state index contributed by atoms with van der Waals surface area (Å²) in [7, 11) is 0. The monoisotopic (exact) mass is 241 g/mol. The number of anilines is 1. The molecule has 0 amide bonds. The summed E-state index contributed by atoms with van der Waals surface area (Å²) in [6, 6.07) is 1.77. The van der Waals surface area contributed by atoms with E-state index in [-0.39, 0.29) is 5.41 Å². The van der Waals surface area contributed by atoms with Crippen molar-refractivity contribution in [2.24, 2.45) is 0 Å². The van der Waals surface area contributed by atoms with Crippen LogP contribution in [0.4, 0.5) is 5.82 Å². The highest BCUT2D eigenvalue weighted by molar-refractivity contribution is 6.29. The molecule has 1 heterocycles. The van der Waals surface area contributed by atoms with Gasteiger partial charge in [-0.15, -0.1) is 0 Å². The van der Waals surface area contributed by atoms with Gasteiger partial charge in [-0.05, 0) is 6.42 Å². The van der Waals surface area contributed by atoms with Crippen LogP contribution in [0.1, 0.15) is 46.4 Å². The fraction of sp³-hybridized carbons (Fsp3) is 0.667. The molecular weight excluding hydrogens is 222 g/mol. The maximum atomic E-state index is 5.98. The van der Waals surface area contributed by atoms with Gasteiger partial charge in [0.1, 0.15) is 16.8 Å². The van der Waals surface area contributed by atoms with E-state index in [2.05, 4.69) is 43.0 Å². The molecule has 3 nitrogen and oxygen atoms in total. The first-order valence-electron chi connectivity index (χ1n) is 5.72. The van der Waals surface area contributed by atoms with Gasteiger partial charge in [0, 0.05) is 18.0 Å². The number of rotatable bonds is 4. The van der Waals surface area contributed by atoms with Crippen molar-refractivity contribution in [3.05, 3.63) is 17.0 Å². The molecule has 4 heteroatoms. The highest BCUT2D eigenvalue weighted by Crippen LogP contribution is 2.22. The maximum absolute atomic E-state index is 5.98. The van der Waals surface area contributed by atoms with Gasteiger partial charge < -0.3 is 5.32 Å². The first-order valence-corrected chi connectivity index (χ1v) is 6.10. The normalized spacial score (nSPS) is 11.6. The zero-order valence-electron chi connectivity index (χ0n) is 10.5. The summed E-state index contributed by atoms with van der Waals surface area (Å²) >= 11 is 5.98. The molecule has 1 aromatic rings. The van der Waals surface area contributed by atoms with Gasteiger partial charge in [0.15, 0.2) is 0 Å². The Kier molecular flexibility index (Phi) is 4.54. The van der Waals surface area contributed by atoms with Crippen molar-refractivity contribution >= 4 is 17.4 Å². The van der Waals surface area contributed by atoms with Crippen molar-refractivity contribution < 1.29 is 0 Å². The molecule has 90 valence electrons. The van der Waals surface area contributed by atoms with Crippen molar-refractivity contribution in [1.29, 1.82) is 0 Å². The number of halogens is 1. The van der Waals surface area contributed by atoms with E-state index in [4.69, 9.17) is 11.6 Å². The molecule has 0 aliphatic heterocycles. The molecule has 0 bridgehead atoms. The summed E-state index contributed by atoms with van der Waals surface area (Å²) in [5, 5.41) is 3.76. The third-order valence-corrected chi connectivity index (χ3v) is 2.40. The molecule has 1 rings (SSSR count). The number of hydrogen-bond acceptors (Lipinski definition) is 3. The van der Waals surface area contributed by atoms with Crippen LogP contribution in [-0.2, 0) is 5.41 Å². The van der Waals surface area contributed by atoms with Crippen LogP contribution in [0.25, 0.3) is 0 Å². The second-order valence-corrected chi connectivity index (χ2v) is 5.32. The third kappa shape index (κ3) is 3.97. The molecule has 0 saturated carbocycles. The SMILES string of the molecule is CCCCNc1cc(Cl)nc(C(C)(C)C)n1. The Hall–Kier alpha value is -0.830. The van der Waals surface area contributed by atoms with Crippen LogP contribution >= 0.6 is 11.6 Å². The molecule has 0 fully saturated rings. The van der Waals surface area contributed by atoms with Gasteiger partial charge in [0.05, 0.1) is 0 Å². The second-order valence-electron chi connectivity index (χ2n) is 4.93. The van der Waals surface area contributed by atoms with Crippen LogP contribution in [0.3, 0.4) is 0 Å². The fourth-order valence-corrected chi connectivity index (χ4v) is 1.42. The van der Waals surface area contributed by atoms with Crippen molar-refractivity contribution in [1.82, 2.24) is 9.97 Å². The molecule has 0 radical (unpaired) electrons. The van der Waals surface area contributed by atoms with Crippen LogP contribution in [0, 0.1) is 0 Å². The summed E-state index contributed by atoms with van der Waals surface area (Å²) in [6.45, 7) is 9.32. The lowest BCUT2D eigenvalue weighted by molar-refractivity contribution is 0.546.